The first kappa shape index (κ1) is 31.4. The summed E-state index contributed by atoms with van der Waals surface area (Å²) in [4.78, 5) is 11.7. The molecule has 0 saturated heterocycles. The molecule has 0 amide bonds. The second-order valence-corrected chi connectivity index (χ2v) is 11.3. The number of benzene rings is 1. The van der Waals surface area contributed by atoms with Crippen LogP contribution in [0.15, 0.2) is 47.4 Å². The van der Waals surface area contributed by atoms with Crippen LogP contribution in [-0.2, 0) is 19.1 Å². The zero-order valence-corrected chi connectivity index (χ0v) is 23.0. The maximum atomic E-state index is 12.0. The molecule has 200 valence electrons. The van der Waals surface area contributed by atoms with Gasteiger partial charge in [0.15, 0.2) is 0 Å². The number of hydrogen-bond donors (Lipinski definition) is 0. The lowest BCUT2D eigenvalue weighted by atomic mass is 10.0. The molecule has 4 nitrogen and oxygen atoms in total. The van der Waals surface area contributed by atoms with E-state index in [2.05, 4.69) is 11.1 Å². The monoisotopic (exact) mass is 506 g/mol. The average Bonchev–Trinajstić information content (AvgIpc) is 2.85. The van der Waals surface area contributed by atoms with Gasteiger partial charge in [-0.3, -0.25) is 0 Å². The quantitative estimate of drug-likeness (QED) is 0.0842. The summed E-state index contributed by atoms with van der Waals surface area (Å²) in [5, 5.41) is 0. The number of hydrogen-bond acceptors (Lipinski definition) is 4. The molecule has 0 aromatic heterocycles. The predicted molar refractivity (Wildman–Crippen MR) is 147 cm³/mol. The Kier molecular flexibility index (Phi) is 19.4. The van der Waals surface area contributed by atoms with Gasteiger partial charge in [0.05, 0.1) is 0 Å². The van der Waals surface area contributed by atoms with E-state index in [1.54, 1.807) is 24.3 Å². The van der Waals surface area contributed by atoms with Crippen LogP contribution in [0.3, 0.4) is 0 Å². The Morgan fingerprint density at radius 2 is 1.06 bits per heavy atom. The van der Waals surface area contributed by atoms with Gasteiger partial charge in [-0.2, -0.15) is 8.42 Å². The minimum Gasteiger partial charge on any atom is -0.338 e. The Balaban J connectivity index is 1.84. The molecule has 0 heterocycles. The first-order valence-corrected chi connectivity index (χ1v) is 15.7. The summed E-state index contributed by atoms with van der Waals surface area (Å²) in [5.74, 6) is -0.841. The van der Waals surface area contributed by atoms with E-state index in [9.17, 15) is 13.2 Å². The van der Waals surface area contributed by atoms with E-state index in [0.717, 1.165) is 19.3 Å². The molecule has 0 unspecified atom stereocenters. The Bertz CT molecular complexity index is 756. The number of unbranched alkanes of at least 4 members (excludes halogenated alkanes) is 19. The fourth-order valence-electron chi connectivity index (χ4n) is 4.29. The van der Waals surface area contributed by atoms with Crippen molar-refractivity contribution >= 4 is 16.1 Å². The summed E-state index contributed by atoms with van der Waals surface area (Å²) in [5.41, 5.74) is 0. The van der Waals surface area contributed by atoms with Gasteiger partial charge >= 0.3 is 16.1 Å². The van der Waals surface area contributed by atoms with Crippen molar-refractivity contribution in [1.82, 2.24) is 0 Å². The third-order valence-corrected chi connectivity index (χ3v) is 7.69. The highest BCUT2D eigenvalue weighted by Gasteiger charge is 2.17. The van der Waals surface area contributed by atoms with Gasteiger partial charge in [0, 0.05) is 6.08 Å². The van der Waals surface area contributed by atoms with Crippen LogP contribution in [0.2, 0.25) is 0 Å². The van der Waals surface area contributed by atoms with Crippen LogP contribution in [0, 0.1) is 0 Å². The molecule has 0 saturated carbocycles. The maximum Gasteiger partial charge on any atom is 0.346 e. The van der Waals surface area contributed by atoms with Crippen molar-refractivity contribution in [3.63, 3.8) is 0 Å². The van der Waals surface area contributed by atoms with Crippen LogP contribution in [0.25, 0.3) is 0 Å². The Labute approximate surface area is 216 Å². The van der Waals surface area contributed by atoms with Crippen LogP contribution < -0.4 is 0 Å². The summed E-state index contributed by atoms with van der Waals surface area (Å²) >= 11 is 0. The highest BCUT2D eigenvalue weighted by Crippen LogP contribution is 2.15. The predicted octanol–water partition coefficient (Wildman–Crippen LogP) is 9.30. The zero-order chi connectivity index (χ0) is 25.5. The van der Waals surface area contributed by atoms with Gasteiger partial charge in [-0.25, -0.2) is 4.79 Å². The van der Waals surface area contributed by atoms with Crippen LogP contribution in [0.4, 0.5) is 0 Å². The first-order valence-electron chi connectivity index (χ1n) is 14.3. The molecule has 0 radical (unpaired) electrons. The Morgan fingerprint density at radius 1 is 0.657 bits per heavy atom. The largest absolute Gasteiger partial charge is 0.346 e. The van der Waals surface area contributed by atoms with Crippen molar-refractivity contribution in [3.05, 3.63) is 42.5 Å². The van der Waals surface area contributed by atoms with E-state index in [1.165, 1.54) is 127 Å². The minimum absolute atomic E-state index is 0.0134. The van der Waals surface area contributed by atoms with E-state index < -0.39 is 16.1 Å². The summed E-state index contributed by atoms with van der Waals surface area (Å²) in [6, 6.07) is 7.71. The van der Waals surface area contributed by atoms with Crippen molar-refractivity contribution < 1.29 is 17.4 Å². The Hall–Kier alpha value is -1.62. The molecule has 5 heteroatoms. The SMILES string of the molecule is CCCCCCCCCCCCCCCCCCCCCC=CC(=O)OS(=O)(=O)c1ccccc1. The number of rotatable bonds is 23. The van der Waals surface area contributed by atoms with Gasteiger partial charge in [-0.05, 0) is 25.0 Å². The van der Waals surface area contributed by atoms with E-state index in [4.69, 9.17) is 0 Å². The van der Waals surface area contributed by atoms with Crippen LogP contribution in [0.5, 0.6) is 0 Å². The number of carbonyl (C=O) groups is 1. The molecule has 0 aliphatic carbocycles. The molecular formula is C30H50O4S. The van der Waals surface area contributed by atoms with Crippen LogP contribution in [0.1, 0.15) is 135 Å². The molecular weight excluding hydrogens is 456 g/mol. The fraction of sp³-hybridized carbons (Fsp3) is 0.700. The van der Waals surface area contributed by atoms with Crippen molar-refractivity contribution in [2.45, 2.75) is 140 Å². The average molecular weight is 507 g/mol. The van der Waals surface area contributed by atoms with E-state index in [-0.39, 0.29) is 4.90 Å². The fourth-order valence-corrected chi connectivity index (χ4v) is 5.15. The molecule has 0 spiro atoms. The third-order valence-electron chi connectivity index (χ3n) is 6.45. The highest BCUT2D eigenvalue weighted by atomic mass is 32.2. The second kappa shape index (κ2) is 21.6. The van der Waals surface area contributed by atoms with E-state index in [0.29, 0.717) is 0 Å². The molecule has 1 aromatic rings. The van der Waals surface area contributed by atoms with Gasteiger partial charge in [-0.15, -0.1) is 0 Å². The smallest absolute Gasteiger partial charge is 0.338 e. The summed E-state index contributed by atoms with van der Waals surface area (Å²) < 4.78 is 28.6. The normalized spacial score (nSPS) is 11.8. The minimum atomic E-state index is -4.04. The summed E-state index contributed by atoms with van der Waals surface area (Å²) in [6.45, 7) is 2.28. The highest BCUT2D eigenvalue weighted by molar-refractivity contribution is 7.87. The van der Waals surface area contributed by atoms with E-state index in [1.807, 2.05) is 0 Å². The standard InChI is InChI=1S/C30H50O4S/c1-2-3-4-5-6-7-8-9-10-11-12-13-14-15-16-17-18-19-20-21-25-28-30(31)34-35(32,33)29-26-23-22-24-27-29/h22-28H,2-21H2,1H3. The molecule has 1 rings (SSSR count). The van der Waals surface area contributed by atoms with Crippen molar-refractivity contribution in [2.75, 3.05) is 0 Å². The molecule has 0 bridgehead atoms. The molecule has 0 aliphatic heterocycles. The molecule has 0 N–H and O–H groups in total. The van der Waals surface area contributed by atoms with Crippen molar-refractivity contribution in [2.24, 2.45) is 0 Å². The van der Waals surface area contributed by atoms with Crippen LogP contribution >= 0.6 is 0 Å². The van der Waals surface area contributed by atoms with Crippen molar-refractivity contribution in [3.8, 4) is 0 Å². The Morgan fingerprint density at radius 3 is 1.49 bits per heavy atom. The molecule has 0 fully saturated rings. The number of allylic oxidation sites excluding steroid dienone is 1. The lowest BCUT2D eigenvalue weighted by Gasteiger charge is -2.04. The lowest BCUT2D eigenvalue weighted by Crippen LogP contribution is -2.11. The van der Waals surface area contributed by atoms with Gasteiger partial charge in [0.2, 0.25) is 0 Å². The van der Waals surface area contributed by atoms with Gasteiger partial charge in [0.1, 0.15) is 4.90 Å². The lowest BCUT2D eigenvalue weighted by molar-refractivity contribution is -0.128. The molecule has 1 aromatic carbocycles. The maximum absolute atomic E-state index is 12.0. The van der Waals surface area contributed by atoms with Crippen molar-refractivity contribution in [1.29, 1.82) is 0 Å². The summed E-state index contributed by atoms with van der Waals surface area (Å²) in [6.07, 6.45) is 29.3. The van der Waals surface area contributed by atoms with Crippen LogP contribution in [-0.4, -0.2) is 14.4 Å². The second-order valence-electron chi connectivity index (χ2n) is 9.72. The topological polar surface area (TPSA) is 60.4 Å². The molecule has 0 atom stereocenters. The summed E-state index contributed by atoms with van der Waals surface area (Å²) in [7, 11) is -4.04. The number of carbonyl (C=O) groups excluding carboxylic acids is 1. The third kappa shape index (κ3) is 18.3. The first-order chi connectivity index (χ1) is 17.1. The molecule has 0 aliphatic rings. The van der Waals surface area contributed by atoms with Gasteiger partial charge < -0.3 is 4.18 Å². The molecule has 35 heavy (non-hydrogen) atoms. The van der Waals surface area contributed by atoms with Gasteiger partial charge in [-0.1, -0.05) is 147 Å². The van der Waals surface area contributed by atoms with E-state index >= 15 is 0 Å². The van der Waals surface area contributed by atoms with Gasteiger partial charge in [0.25, 0.3) is 0 Å². The zero-order valence-electron chi connectivity index (χ0n) is 22.2.